The maximum absolute atomic E-state index is 14.0. The van der Waals surface area contributed by atoms with Crippen LogP contribution in [0.25, 0.3) is 0 Å². The first-order valence-corrected chi connectivity index (χ1v) is 9.56. The molecule has 2 fully saturated rings. The Morgan fingerprint density at radius 2 is 2.15 bits per heavy atom. The normalized spacial score (nSPS) is 21.7. The van der Waals surface area contributed by atoms with Crippen molar-refractivity contribution in [2.75, 3.05) is 26.7 Å². The Kier molecular flexibility index (Phi) is 6.45. The van der Waals surface area contributed by atoms with Gasteiger partial charge in [0.2, 0.25) is 0 Å². The number of likely N-dealkylation sites (tertiary alicyclic amines) is 1. The van der Waals surface area contributed by atoms with Crippen molar-refractivity contribution in [3.8, 4) is 6.07 Å². The maximum atomic E-state index is 14.0. The molecule has 1 aromatic carbocycles. The van der Waals surface area contributed by atoms with Crippen molar-refractivity contribution in [1.82, 2.24) is 15.5 Å². The maximum Gasteiger partial charge on any atom is 0.191 e. The molecule has 1 aliphatic carbocycles. The number of hydrogen-bond acceptors (Lipinski definition) is 3. The molecule has 1 aliphatic heterocycles. The molecule has 5 nitrogen and oxygen atoms in total. The zero-order valence-electron chi connectivity index (χ0n) is 15.5. The number of nitriles is 1. The Morgan fingerprint density at radius 3 is 2.85 bits per heavy atom. The number of aliphatic imine (C=N–C) groups is 1. The summed E-state index contributed by atoms with van der Waals surface area (Å²) in [4.78, 5) is 6.82. The fourth-order valence-electron chi connectivity index (χ4n) is 4.00. The van der Waals surface area contributed by atoms with Crippen molar-refractivity contribution < 1.29 is 4.39 Å². The van der Waals surface area contributed by atoms with Crippen LogP contribution in [0.5, 0.6) is 0 Å². The molecular formula is C20H28FN5. The van der Waals surface area contributed by atoms with E-state index in [1.807, 2.05) is 6.07 Å². The summed E-state index contributed by atoms with van der Waals surface area (Å²) in [5, 5.41) is 15.4. The molecule has 3 rings (SSSR count). The minimum absolute atomic E-state index is 0.335. The third-order valence-corrected chi connectivity index (χ3v) is 5.46. The zero-order valence-corrected chi connectivity index (χ0v) is 15.5. The minimum atomic E-state index is -0.365. The molecule has 1 saturated carbocycles. The first-order chi connectivity index (χ1) is 12.7. The number of benzene rings is 1. The van der Waals surface area contributed by atoms with Gasteiger partial charge in [-0.15, -0.1) is 0 Å². The highest BCUT2D eigenvalue weighted by molar-refractivity contribution is 5.80. The van der Waals surface area contributed by atoms with Crippen molar-refractivity contribution in [2.45, 2.75) is 44.7 Å². The van der Waals surface area contributed by atoms with Crippen LogP contribution in [0.15, 0.2) is 23.2 Å². The molecule has 0 aromatic heterocycles. The molecule has 0 spiro atoms. The van der Waals surface area contributed by atoms with Crippen molar-refractivity contribution in [3.63, 3.8) is 0 Å². The second-order valence-corrected chi connectivity index (χ2v) is 7.38. The molecule has 0 bridgehead atoms. The number of hydrogen-bond donors (Lipinski definition) is 2. The van der Waals surface area contributed by atoms with Gasteiger partial charge in [-0.2, -0.15) is 5.26 Å². The standard InChI is InChI=1S/C20H28FN5/c1-23-20(24-12-17-7-6-16(11-22)10-19(17)21)25-18-8-9-26(14-18)13-15-4-2-3-5-15/h6-7,10,15,18H,2-5,8-9,12-14H2,1H3,(H2,23,24,25). The lowest BCUT2D eigenvalue weighted by atomic mass is 10.1. The van der Waals surface area contributed by atoms with Crippen LogP contribution in [0.2, 0.25) is 0 Å². The molecule has 0 radical (unpaired) electrons. The van der Waals surface area contributed by atoms with E-state index in [-0.39, 0.29) is 5.82 Å². The van der Waals surface area contributed by atoms with Gasteiger partial charge in [0.1, 0.15) is 5.82 Å². The monoisotopic (exact) mass is 357 g/mol. The fraction of sp³-hybridized carbons (Fsp3) is 0.600. The van der Waals surface area contributed by atoms with Crippen LogP contribution >= 0.6 is 0 Å². The molecule has 1 unspecified atom stereocenters. The molecular weight excluding hydrogens is 329 g/mol. The lowest BCUT2D eigenvalue weighted by molar-refractivity contribution is 0.275. The van der Waals surface area contributed by atoms with Gasteiger partial charge < -0.3 is 15.5 Å². The molecule has 140 valence electrons. The smallest absolute Gasteiger partial charge is 0.191 e. The topological polar surface area (TPSA) is 63.5 Å². The average molecular weight is 357 g/mol. The van der Waals surface area contributed by atoms with Gasteiger partial charge in [-0.1, -0.05) is 18.9 Å². The van der Waals surface area contributed by atoms with Crippen LogP contribution in [-0.2, 0) is 6.54 Å². The van der Waals surface area contributed by atoms with E-state index in [1.165, 1.54) is 38.3 Å². The van der Waals surface area contributed by atoms with Gasteiger partial charge >= 0.3 is 0 Å². The summed E-state index contributed by atoms with van der Waals surface area (Å²) in [5.41, 5.74) is 0.864. The Balaban J connectivity index is 1.45. The number of nitrogens with zero attached hydrogens (tertiary/aromatic N) is 3. The fourth-order valence-corrected chi connectivity index (χ4v) is 4.00. The van der Waals surface area contributed by atoms with E-state index >= 15 is 0 Å². The summed E-state index contributed by atoms with van der Waals surface area (Å²) >= 11 is 0. The van der Waals surface area contributed by atoms with E-state index in [1.54, 1.807) is 19.2 Å². The Hall–Kier alpha value is -2.13. The summed E-state index contributed by atoms with van der Waals surface area (Å²) in [7, 11) is 1.73. The van der Waals surface area contributed by atoms with Crippen LogP contribution in [0.1, 0.15) is 43.2 Å². The van der Waals surface area contributed by atoms with Crippen LogP contribution in [0.4, 0.5) is 4.39 Å². The SMILES string of the molecule is CN=C(NCc1ccc(C#N)cc1F)NC1CCN(CC2CCCC2)C1. The first kappa shape index (κ1) is 18.7. The van der Waals surface area contributed by atoms with Gasteiger partial charge in [-0.3, -0.25) is 4.99 Å². The minimum Gasteiger partial charge on any atom is -0.352 e. The van der Waals surface area contributed by atoms with Gasteiger partial charge in [0.25, 0.3) is 0 Å². The van der Waals surface area contributed by atoms with Crippen molar-refractivity contribution in [1.29, 1.82) is 5.26 Å². The number of halogens is 1. The average Bonchev–Trinajstić information content (AvgIpc) is 3.31. The third-order valence-electron chi connectivity index (χ3n) is 5.46. The molecule has 1 atom stereocenters. The van der Waals surface area contributed by atoms with Crippen LogP contribution in [0.3, 0.4) is 0 Å². The van der Waals surface area contributed by atoms with E-state index in [2.05, 4.69) is 20.5 Å². The summed E-state index contributed by atoms with van der Waals surface area (Å²) in [6.45, 7) is 3.74. The van der Waals surface area contributed by atoms with Crippen molar-refractivity contribution >= 4 is 5.96 Å². The molecule has 26 heavy (non-hydrogen) atoms. The van der Waals surface area contributed by atoms with Gasteiger partial charge in [-0.05, 0) is 37.3 Å². The molecule has 1 aromatic rings. The Labute approximate surface area is 155 Å². The summed E-state index contributed by atoms with van der Waals surface area (Å²) in [5.74, 6) is 1.21. The van der Waals surface area contributed by atoms with Gasteiger partial charge in [-0.25, -0.2) is 4.39 Å². The highest BCUT2D eigenvalue weighted by Gasteiger charge is 2.26. The van der Waals surface area contributed by atoms with Crippen molar-refractivity contribution in [3.05, 3.63) is 35.1 Å². The molecule has 1 heterocycles. The van der Waals surface area contributed by atoms with Gasteiger partial charge in [0.15, 0.2) is 5.96 Å². The van der Waals surface area contributed by atoms with E-state index in [4.69, 9.17) is 5.26 Å². The second-order valence-electron chi connectivity index (χ2n) is 7.38. The van der Waals surface area contributed by atoms with Crippen LogP contribution < -0.4 is 10.6 Å². The highest BCUT2D eigenvalue weighted by atomic mass is 19.1. The zero-order chi connectivity index (χ0) is 18.4. The molecule has 1 saturated heterocycles. The lowest BCUT2D eigenvalue weighted by Gasteiger charge is -2.21. The molecule has 0 amide bonds. The predicted octanol–water partition coefficient (Wildman–Crippen LogP) is 2.63. The predicted molar refractivity (Wildman–Crippen MR) is 101 cm³/mol. The molecule has 2 aliphatic rings. The third kappa shape index (κ3) is 4.95. The van der Waals surface area contributed by atoms with Gasteiger partial charge in [0, 0.05) is 44.8 Å². The Bertz CT molecular complexity index is 675. The second kappa shape index (κ2) is 9.00. The number of nitrogens with one attached hydrogen (secondary N) is 2. The summed E-state index contributed by atoms with van der Waals surface area (Å²) in [6.07, 6.45) is 6.66. The van der Waals surface area contributed by atoms with Gasteiger partial charge in [0.05, 0.1) is 11.6 Å². The van der Waals surface area contributed by atoms with Crippen LogP contribution in [0, 0.1) is 23.1 Å². The molecule has 2 N–H and O–H groups in total. The quantitative estimate of drug-likeness (QED) is 0.628. The lowest BCUT2D eigenvalue weighted by Crippen LogP contribution is -2.44. The Morgan fingerprint density at radius 1 is 1.35 bits per heavy atom. The summed E-state index contributed by atoms with van der Waals surface area (Å²) in [6, 6.07) is 6.88. The van der Waals surface area contributed by atoms with E-state index < -0.39 is 0 Å². The van der Waals surface area contributed by atoms with E-state index in [9.17, 15) is 4.39 Å². The largest absolute Gasteiger partial charge is 0.352 e. The van der Waals surface area contributed by atoms with E-state index in [0.29, 0.717) is 29.7 Å². The highest BCUT2D eigenvalue weighted by Crippen LogP contribution is 2.26. The first-order valence-electron chi connectivity index (χ1n) is 9.56. The van der Waals surface area contributed by atoms with Crippen LogP contribution in [-0.4, -0.2) is 43.6 Å². The summed E-state index contributed by atoms with van der Waals surface area (Å²) < 4.78 is 14.0. The van der Waals surface area contributed by atoms with E-state index in [0.717, 1.165) is 25.4 Å². The number of guanidine groups is 1. The molecule has 6 heteroatoms. The number of rotatable bonds is 5. The van der Waals surface area contributed by atoms with Crippen molar-refractivity contribution in [2.24, 2.45) is 10.9 Å².